The summed E-state index contributed by atoms with van der Waals surface area (Å²) >= 11 is 1.39. The van der Waals surface area contributed by atoms with Crippen molar-refractivity contribution in [3.8, 4) is 0 Å². The fraction of sp³-hybridized carbons (Fsp3) is 0.294. The predicted octanol–water partition coefficient (Wildman–Crippen LogP) is 3.28. The van der Waals surface area contributed by atoms with Crippen LogP contribution in [0.4, 0.5) is 5.69 Å². The number of rotatable bonds is 5. The molecule has 1 amide bonds. The molecule has 0 saturated heterocycles. The van der Waals surface area contributed by atoms with Crippen LogP contribution in [-0.2, 0) is 4.79 Å². The number of amides is 1. The molecule has 0 unspecified atom stereocenters. The monoisotopic (exact) mass is 339 g/mol. The van der Waals surface area contributed by atoms with Gasteiger partial charge >= 0.3 is 0 Å². The van der Waals surface area contributed by atoms with Crippen LogP contribution in [-0.4, -0.2) is 31.4 Å². The average molecular weight is 339 g/mol. The SMILES string of the molecule is C[C@@H](Sc1nnnn1C1CC1)C(=O)Nc1cccc2ccccc12. The zero-order chi connectivity index (χ0) is 16.5. The summed E-state index contributed by atoms with van der Waals surface area (Å²) < 4.78 is 1.83. The number of nitrogens with zero attached hydrogens (tertiary/aromatic N) is 4. The molecule has 6 nitrogen and oxygen atoms in total. The van der Waals surface area contributed by atoms with Gasteiger partial charge in [0.15, 0.2) is 0 Å². The molecule has 3 aromatic rings. The van der Waals surface area contributed by atoms with E-state index in [0.29, 0.717) is 11.2 Å². The van der Waals surface area contributed by atoms with Crippen molar-refractivity contribution in [2.45, 2.75) is 36.2 Å². The van der Waals surface area contributed by atoms with Gasteiger partial charge in [-0.15, -0.1) is 5.10 Å². The minimum atomic E-state index is -0.285. The van der Waals surface area contributed by atoms with Crippen molar-refractivity contribution >= 4 is 34.1 Å². The molecule has 0 radical (unpaired) electrons. The highest BCUT2D eigenvalue weighted by atomic mass is 32.2. The number of benzene rings is 2. The molecule has 2 aromatic carbocycles. The molecule has 0 spiro atoms. The smallest absolute Gasteiger partial charge is 0.237 e. The fourth-order valence-corrected chi connectivity index (χ4v) is 3.45. The maximum Gasteiger partial charge on any atom is 0.237 e. The van der Waals surface area contributed by atoms with Crippen LogP contribution in [0.1, 0.15) is 25.8 Å². The van der Waals surface area contributed by atoms with Crippen molar-refractivity contribution in [1.82, 2.24) is 20.2 Å². The van der Waals surface area contributed by atoms with E-state index in [1.54, 1.807) is 0 Å². The Morgan fingerprint density at radius 3 is 2.88 bits per heavy atom. The molecule has 1 aliphatic rings. The van der Waals surface area contributed by atoms with E-state index in [1.807, 2.05) is 54.1 Å². The van der Waals surface area contributed by atoms with Crippen LogP contribution < -0.4 is 5.32 Å². The molecule has 1 aliphatic carbocycles. The van der Waals surface area contributed by atoms with Gasteiger partial charge in [0.1, 0.15) is 0 Å². The average Bonchev–Trinajstić information content (AvgIpc) is 3.34. The van der Waals surface area contributed by atoms with E-state index in [1.165, 1.54) is 11.8 Å². The fourth-order valence-electron chi connectivity index (χ4n) is 2.59. The Balaban J connectivity index is 1.49. The van der Waals surface area contributed by atoms with Crippen molar-refractivity contribution in [1.29, 1.82) is 0 Å². The molecule has 7 heteroatoms. The molecular formula is C17H17N5OS. The first kappa shape index (κ1) is 15.1. The normalized spacial score (nSPS) is 15.4. The lowest BCUT2D eigenvalue weighted by Crippen LogP contribution is -2.23. The van der Waals surface area contributed by atoms with Crippen LogP contribution in [0.2, 0.25) is 0 Å². The maximum absolute atomic E-state index is 12.6. The summed E-state index contributed by atoms with van der Waals surface area (Å²) in [6.07, 6.45) is 2.21. The highest BCUT2D eigenvalue weighted by Gasteiger charge is 2.29. The van der Waals surface area contributed by atoms with Crippen molar-refractivity contribution in [2.75, 3.05) is 5.32 Å². The Labute approximate surface area is 143 Å². The Bertz CT molecular complexity index is 884. The third kappa shape index (κ3) is 2.99. The minimum absolute atomic E-state index is 0.0540. The zero-order valence-electron chi connectivity index (χ0n) is 13.2. The lowest BCUT2D eigenvalue weighted by molar-refractivity contribution is -0.115. The topological polar surface area (TPSA) is 72.7 Å². The first-order chi connectivity index (χ1) is 11.7. The number of hydrogen-bond acceptors (Lipinski definition) is 5. The highest BCUT2D eigenvalue weighted by Crippen LogP contribution is 2.37. The molecule has 0 bridgehead atoms. The van der Waals surface area contributed by atoms with Crippen molar-refractivity contribution in [3.05, 3.63) is 42.5 Å². The van der Waals surface area contributed by atoms with Gasteiger partial charge in [-0.2, -0.15) is 0 Å². The van der Waals surface area contributed by atoms with Crippen LogP contribution in [0, 0.1) is 0 Å². The lowest BCUT2D eigenvalue weighted by Gasteiger charge is -2.13. The molecule has 1 saturated carbocycles. The summed E-state index contributed by atoms with van der Waals surface area (Å²) in [7, 11) is 0. The lowest BCUT2D eigenvalue weighted by atomic mass is 10.1. The van der Waals surface area contributed by atoms with E-state index < -0.39 is 0 Å². The van der Waals surface area contributed by atoms with Gasteiger partial charge in [0.2, 0.25) is 11.1 Å². The van der Waals surface area contributed by atoms with E-state index in [4.69, 9.17) is 0 Å². The molecule has 4 rings (SSSR count). The quantitative estimate of drug-likeness (QED) is 0.722. The standard InChI is InChI=1S/C17H17N5OS/c1-11(24-17-19-20-21-22(17)13-9-10-13)16(23)18-15-8-4-6-12-5-2-3-7-14(12)15/h2-8,11,13H,9-10H2,1H3,(H,18,23)/t11-/m1/s1. The van der Waals surface area contributed by atoms with Crippen LogP contribution >= 0.6 is 11.8 Å². The maximum atomic E-state index is 12.6. The van der Waals surface area contributed by atoms with Crippen molar-refractivity contribution in [2.24, 2.45) is 0 Å². The number of hydrogen-bond donors (Lipinski definition) is 1. The number of thioether (sulfide) groups is 1. The largest absolute Gasteiger partial charge is 0.325 e. The van der Waals surface area contributed by atoms with Crippen LogP contribution in [0.3, 0.4) is 0 Å². The molecule has 1 heterocycles. The number of aromatic nitrogens is 4. The van der Waals surface area contributed by atoms with Crippen LogP contribution in [0.5, 0.6) is 0 Å². The van der Waals surface area contributed by atoms with E-state index in [0.717, 1.165) is 29.3 Å². The Morgan fingerprint density at radius 1 is 1.25 bits per heavy atom. The first-order valence-electron chi connectivity index (χ1n) is 7.95. The number of carbonyl (C=O) groups is 1. The molecular weight excluding hydrogens is 322 g/mol. The molecule has 24 heavy (non-hydrogen) atoms. The number of fused-ring (bicyclic) bond motifs is 1. The summed E-state index contributed by atoms with van der Waals surface area (Å²) in [5, 5.41) is 17.4. The van der Waals surface area contributed by atoms with Gasteiger partial charge in [-0.05, 0) is 41.6 Å². The molecule has 122 valence electrons. The van der Waals surface area contributed by atoms with Gasteiger partial charge in [0.05, 0.1) is 11.3 Å². The predicted molar refractivity (Wildman–Crippen MR) is 94.0 cm³/mol. The van der Waals surface area contributed by atoms with Gasteiger partial charge in [-0.1, -0.05) is 48.2 Å². The van der Waals surface area contributed by atoms with E-state index >= 15 is 0 Å². The van der Waals surface area contributed by atoms with Crippen molar-refractivity contribution in [3.63, 3.8) is 0 Å². The van der Waals surface area contributed by atoms with E-state index in [2.05, 4.69) is 20.8 Å². The summed E-state index contributed by atoms with van der Waals surface area (Å²) in [6.45, 7) is 1.87. The Morgan fingerprint density at radius 2 is 2.04 bits per heavy atom. The molecule has 1 aromatic heterocycles. The Kier molecular flexibility index (Phi) is 3.93. The summed E-state index contributed by atoms with van der Waals surface area (Å²) in [6, 6.07) is 14.3. The highest BCUT2D eigenvalue weighted by molar-refractivity contribution is 8.00. The zero-order valence-corrected chi connectivity index (χ0v) is 14.0. The van der Waals surface area contributed by atoms with Crippen molar-refractivity contribution < 1.29 is 4.79 Å². The summed E-state index contributed by atoms with van der Waals surface area (Å²) in [5.41, 5.74) is 0.826. The first-order valence-corrected chi connectivity index (χ1v) is 8.83. The summed E-state index contributed by atoms with van der Waals surface area (Å²) in [5.74, 6) is -0.0540. The number of nitrogens with one attached hydrogen (secondary N) is 1. The molecule has 1 N–H and O–H groups in total. The Hall–Kier alpha value is -2.41. The van der Waals surface area contributed by atoms with Gasteiger partial charge in [0, 0.05) is 11.1 Å². The minimum Gasteiger partial charge on any atom is -0.325 e. The van der Waals surface area contributed by atoms with Gasteiger partial charge < -0.3 is 5.32 Å². The second-order valence-electron chi connectivity index (χ2n) is 5.91. The molecule has 1 fully saturated rings. The molecule has 1 atom stereocenters. The molecule has 0 aliphatic heterocycles. The second kappa shape index (κ2) is 6.24. The number of anilines is 1. The van der Waals surface area contributed by atoms with E-state index in [-0.39, 0.29) is 11.2 Å². The summed E-state index contributed by atoms with van der Waals surface area (Å²) in [4.78, 5) is 12.6. The second-order valence-corrected chi connectivity index (χ2v) is 7.22. The third-order valence-corrected chi connectivity index (χ3v) is 5.10. The van der Waals surface area contributed by atoms with Crippen LogP contribution in [0.25, 0.3) is 10.8 Å². The number of tetrazole rings is 1. The van der Waals surface area contributed by atoms with Gasteiger partial charge in [-0.3, -0.25) is 4.79 Å². The van der Waals surface area contributed by atoms with Gasteiger partial charge in [0.25, 0.3) is 0 Å². The number of carbonyl (C=O) groups excluding carboxylic acids is 1. The van der Waals surface area contributed by atoms with Crippen LogP contribution in [0.15, 0.2) is 47.6 Å². The van der Waals surface area contributed by atoms with Gasteiger partial charge in [-0.25, -0.2) is 4.68 Å². The third-order valence-electron chi connectivity index (χ3n) is 4.05. The van der Waals surface area contributed by atoms with E-state index in [9.17, 15) is 4.79 Å².